The molecule has 0 amide bonds. The van der Waals surface area contributed by atoms with Crippen LogP contribution in [-0.2, 0) is 7.05 Å². The van der Waals surface area contributed by atoms with Crippen LogP contribution < -0.4 is 5.32 Å². The molecular formula is C13H16FN3. The summed E-state index contributed by atoms with van der Waals surface area (Å²) in [7, 11) is 1.88. The maximum absolute atomic E-state index is 13.2. The van der Waals surface area contributed by atoms with Crippen LogP contribution in [-0.4, -0.2) is 9.78 Å². The van der Waals surface area contributed by atoms with Gasteiger partial charge in [-0.25, -0.2) is 4.39 Å². The number of rotatable bonds is 3. The van der Waals surface area contributed by atoms with E-state index in [4.69, 9.17) is 0 Å². The van der Waals surface area contributed by atoms with Crippen molar-refractivity contribution in [1.29, 1.82) is 0 Å². The molecule has 0 aliphatic heterocycles. The Kier molecular flexibility index (Phi) is 3.13. The van der Waals surface area contributed by atoms with E-state index in [9.17, 15) is 4.39 Å². The van der Waals surface area contributed by atoms with Gasteiger partial charge in [-0.2, -0.15) is 5.10 Å². The molecule has 1 aromatic carbocycles. The lowest BCUT2D eigenvalue weighted by atomic mass is 10.1. The standard InChI is InChI=1S/C13H16FN3/c1-9-4-12(14)6-13(5-9)16-10(2)11-7-15-17(3)8-11/h4-8,10,16H,1-3H3. The van der Waals surface area contributed by atoms with Crippen LogP contribution in [0.25, 0.3) is 0 Å². The highest BCUT2D eigenvalue weighted by Crippen LogP contribution is 2.20. The molecule has 0 radical (unpaired) electrons. The van der Waals surface area contributed by atoms with Gasteiger partial charge in [0.2, 0.25) is 0 Å². The van der Waals surface area contributed by atoms with Crippen LogP contribution in [0.15, 0.2) is 30.6 Å². The van der Waals surface area contributed by atoms with E-state index in [2.05, 4.69) is 10.4 Å². The number of aryl methyl sites for hydroxylation is 2. The molecule has 0 spiro atoms. The van der Waals surface area contributed by atoms with Crippen LogP contribution in [0, 0.1) is 12.7 Å². The van der Waals surface area contributed by atoms with Gasteiger partial charge >= 0.3 is 0 Å². The second-order valence-corrected chi connectivity index (χ2v) is 4.33. The summed E-state index contributed by atoms with van der Waals surface area (Å²) in [6.45, 7) is 3.90. The second kappa shape index (κ2) is 4.57. The summed E-state index contributed by atoms with van der Waals surface area (Å²) < 4.78 is 15.0. The lowest BCUT2D eigenvalue weighted by Gasteiger charge is -2.14. The SMILES string of the molecule is Cc1cc(F)cc(NC(C)c2cnn(C)c2)c1. The molecule has 4 heteroatoms. The van der Waals surface area contributed by atoms with Crippen molar-refractivity contribution in [3.63, 3.8) is 0 Å². The van der Waals surface area contributed by atoms with Crippen molar-refractivity contribution in [3.8, 4) is 0 Å². The van der Waals surface area contributed by atoms with Gasteiger partial charge in [-0.05, 0) is 37.6 Å². The molecule has 0 bridgehead atoms. The van der Waals surface area contributed by atoms with Crippen molar-refractivity contribution >= 4 is 5.69 Å². The molecule has 0 saturated carbocycles. The van der Waals surface area contributed by atoms with Crippen LogP contribution in [0.4, 0.5) is 10.1 Å². The molecule has 1 atom stereocenters. The van der Waals surface area contributed by atoms with E-state index in [0.717, 1.165) is 16.8 Å². The smallest absolute Gasteiger partial charge is 0.125 e. The predicted octanol–water partition coefficient (Wildman–Crippen LogP) is 3.04. The van der Waals surface area contributed by atoms with Gasteiger partial charge in [-0.3, -0.25) is 4.68 Å². The molecule has 17 heavy (non-hydrogen) atoms. The first-order chi connectivity index (χ1) is 8.04. The van der Waals surface area contributed by atoms with Gasteiger partial charge in [0, 0.05) is 24.5 Å². The van der Waals surface area contributed by atoms with E-state index in [0.29, 0.717) is 0 Å². The molecule has 0 aliphatic carbocycles. The molecule has 2 rings (SSSR count). The second-order valence-electron chi connectivity index (χ2n) is 4.33. The lowest BCUT2D eigenvalue weighted by Crippen LogP contribution is -2.06. The molecule has 3 nitrogen and oxygen atoms in total. The third kappa shape index (κ3) is 2.84. The average molecular weight is 233 g/mol. The Labute approximate surface area is 100 Å². The zero-order chi connectivity index (χ0) is 12.4. The Hall–Kier alpha value is -1.84. The van der Waals surface area contributed by atoms with Gasteiger partial charge in [0.05, 0.1) is 12.2 Å². The first-order valence-electron chi connectivity index (χ1n) is 5.57. The van der Waals surface area contributed by atoms with Crippen molar-refractivity contribution in [3.05, 3.63) is 47.5 Å². The molecule has 1 unspecified atom stereocenters. The van der Waals surface area contributed by atoms with Crippen molar-refractivity contribution in [2.75, 3.05) is 5.32 Å². The quantitative estimate of drug-likeness (QED) is 0.883. The molecule has 0 aliphatic rings. The van der Waals surface area contributed by atoms with Gasteiger partial charge in [0.15, 0.2) is 0 Å². The van der Waals surface area contributed by atoms with E-state index in [1.165, 1.54) is 12.1 Å². The monoisotopic (exact) mass is 233 g/mol. The van der Waals surface area contributed by atoms with Crippen LogP contribution in [0.5, 0.6) is 0 Å². The Bertz CT molecular complexity index is 499. The van der Waals surface area contributed by atoms with Crippen LogP contribution >= 0.6 is 0 Å². The van der Waals surface area contributed by atoms with Gasteiger partial charge in [0.25, 0.3) is 0 Å². The first-order valence-corrected chi connectivity index (χ1v) is 5.57. The van der Waals surface area contributed by atoms with Gasteiger partial charge in [-0.15, -0.1) is 0 Å². The van der Waals surface area contributed by atoms with E-state index in [-0.39, 0.29) is 11.9 Å². The average Bonchev–Trinajstić information content (AvgIpc) is 2.63. The summed E-state index contributed by atoms with van der Waals surface area (Å²) in [5, 5.41) is 7.38. The number of hydrogen-bond acceptors (Lipinski definition) is 2. The molecule has 0 saturated heterocycles. The first kappa shape index (κ1) is 11.6. The number of benzene rings is 1. The van der Waals surface area contributed by atoms with E-state index < -0.39 is 0 Å². The highest BCUT2D eigenvalue weighted by molar-refractivity contribution is 5.47. The highest BCUT2D eigenvalue weighted by atomic mass is 19.1. The van der Waals surface area contributed by atoms with Crippen molar-refractivity contribution in [2.45, 2.75) is 19.9 Å². The minimum Gasteiger partial charge on any atom is -0.378 e. The fourth-order valence-corrected chi connectivity index (χ4v) is 1.82. The minimum atomic E-state index is -0.217. The molecule has 1 aromatic heterocycles. The van der Waals surface area contributed by atoms with Crippen LogP contribution in [0.3, 0.4) is 0 Å². The molecule has 2 aromatic rings. The topological polar surface area (TPSA) is 29.9 Å². The van der Waals surface area contributed by atoms with Gasteiger partial charge in [-0.1, -0.05) is 0 Å². The number of anilines is 1. The van der Waals surface area contributed by atoms with E-state index >= 15 is 0 Å². The number of nitrogens with one attached hydrogen (secondary N) is 1. The van der Waals surface area contributed by atoms with Crippen molar-refractivity contribution in [2.24, 2.45) is 7.05 Å². The van der Waals surface area contributed by atoms with Crippen molar-refractivity contribution < 1.29 is 4.39 Å². The summed E-state index contributed by atoms with van der Waals surface area (Å²) >= 11 is 0. The van der Waals surface area contributed by atoms with E-state index in [1.54, 1.807) is 4.68 Å². The van der Waals surface area contributed by atoms with Crippen molar-refractivity contribution in [1.82, 2.24) is 9.78 Å². The Morgan fingerprint density at radius 3 is 2.71 bits per heavy atom. The van der Waals surface area contributed by atoms with Crippen LogP contribution in [0.1, 0.15) is 24.1 Å². The summed E-state index contributed by atoms with van der Waals surface area (Å²) in [5.74, 6) is -0.217. The summed E-state index contributed by atoms with van der Waals surface area (Å²) in [6, 6.07) is 5.04. The minimum absolute atomic E-state index is 0.102. The largest absolute Gasteiger partial charge is 0.378 e. The maximum atomic E-state index is 13.2. The van der Waals surface area contributed by atoms with Crippen LogP contribution in [0.2, 0.25) is 0 Å². The number of halogens is 1. The molecular weight excluding hydrogens is 217 g/mol. The highest BCUT2D eigenvalue weighted by Gasteiger charge is 2.08. The van der Waals surface area contributed by atoms with E-state index in [1.807, 2.05) is 39.4 Å². The molecule has 1 N–H and O–H groups in total. The third-order valence-corrected chi connectivity index (χ3v) is 2.65. The molecule has 90 valence electrons. The summed E-state index contributed by atoms with van der Waals surface area (Å²) in [4.78, 5) is 0. The van der Waals surface area contributed by atoms with Gasteiger partial charge in [0.1, 0.15) is 5.82 Å². The predicted molar refractivity (Wildman–Crippen MR) is 66.4 cm³/mol. The fourth-order valence-electron chi connectivity index (χ4n) is 1.82. The number of hydrogen-bond donors (Lipinski definition) is 1. The Morgan fingerprint density at radius 2 is 2.12 bits per heavy atom. The van der Waals surface area contributed by atoms with Gasteiger partial charge < -0.3 is 5.32 Å². The zero-order valence-corrected chi connectivity index (χ0v) is 10.2. The zero-order valence-electron chi connectivity index (χ0n) is 10.2. The molecule has 1 heterocycles. The lowest BCUT2D eigenvalue weighted by molar-refractivity contribution is 0.626. The number of nitrogens with zero attached hydrogens (tertiary/aromatic N) is 2. The summed E-state index contributed by atoms with van der Waals surface area (Å²) in [6.07, 6.45) is 3.76. The third-order valence-electron chi connectivity index (χ3n) is 2.65. The Morgan fingerprint density at radius 1 is 1.35 bits per heavy atom. The molecule has 0 fully saturated rings. The Balaban J connectivity index is 2.15. The fraction of sp³-hybridized carbons (Fsp3) is 0.308. The number of aromatic nitrogens is 2. The summed E-state index contributed by atoms with van der Waals surface area (Å²) in [5.41, 5.74) is 2.78. The normalized spacial score (nSPS) is 12.5. The maximum Gasteiger partial charge on any atom is 0.125 e.